The average Bonchev–Trinajstić information content (AvgIpc) is 2.55. The molecule has 3 rings (SSSR count). The Morgan fingerprint density at radius 3 is 2.16 bits per heavy atom. The summed E-state index contributed by atoms with van der Waals surface area (Å²) in [5.41, 5.74) is 2.20. The van der Waals surface area contributed by atoms with Gasteiger partial charge in [-0.1, -0.05) is 29.8 Å². The van der Waals surface area contributed by atoms with Crippen molar-refractivity contribution in [2.24, 2.45) is 0 Å². The SMILES string of the molecule is Cc1ccc(S(=O)(=O)Nc2nc3ccccc3nc2OC(C)C)cc1. The summed E-state index contributed by atoms with van der Waals surface area (Å²) < 4.78 is 33.5. The zero-order valence-electron chi connectivity index (χ0n) is 14.2. The molecule has 0 spiro atoms. The van der Waals surface area contributed by atoms with Crippen LogP contribution in [-0.2, 0) is 10.0 Å². The third kappa shape index (κ3) is 3.88. The normalized spacial score (nSPS) is 11.7. The van der Waals surface area contributed by atoms with Gasteiger partial charge in [-0.15, -0.1) is 0 Å². The number of nitrogens with one attached hydrogen (secondary N) is 1. The number of fused-ring (bicyclic) bond motifs is 1. The minimum Gasteiger partial charge on any atom is -0.472 e. The van der Waals surface area contributed by atoms with Crippen LogP contribution in [0.1, 0.15) is 19.4 Å². The molecule has 0 amide bonds. The molecule has 0 aliphatic heterocycles. The van der Waals surface area contributed by atoms with Crippen LogP contribution < -0.4 is 9.46 Å². The molecular weight excluding hydrogens is 338 g/mol. The molecule has 0 atom stereocenters. The lowest BCUT2D eigenvalue weighted by Crippen LogP contribution is -2.17. The number of hydrogen-bond donors (Lipinski definition) is 1. The molecule has 130 valence electrons. The van der Waals surface area contributed by atoms with Crippen molar-refractivity contribution in [2.45, 2.75) is 31.8 Å². The molecule has 0 aliphatic rings. The number of ether oxygens (including phenoxy) is 1. The smallest absolute Gasteiger partial charge is 0.263 e. The Hall–Kier alpha value is -2.67. The zero-order chi connectivity index (χ0) is 18.0. The largest absolute Gasteiger partial charge is 0.472 e. The second-order valence-corrected chi connectivity index (χ2v) is 7.63. The van der Waals surface area contributed by atoms with Crippen molar-refractivity contribution < 1.29 is 13.2 Å². The van der Waals surface area contributed by atoms with Gasteiger partial charge in [0.2, 0.25) is 5.82 Å². The third-order valence-electron chi connectivity index (χ3n) is 3.45. The second kappa shape index (κ2) is 6.68. The van der Waals surface area contributed by atoms with Crippen LogP contribution in [0, 0.1) is 6.92 Å². The summed E-state index contributed by atoms with van der Waals surface area (Å²) in [4.78, 5) is 8.93. The van der Waals surface area contributed by atoms with Crippen molar-refractivity contribution in [1.29, 1.82) is 0 Å². The van der Waals surface area contributed by atoms with E-state index in [0.717, 1.165) is 5.56 Å². The number of hydrogen-bond acceptors (Lipinski definition) is 5. The van der Waals surface area contributed by atoms with Gasteiger partial charge < -0.3 is 4.74 Å². The maximum Gasteiger partial charge on any atom is 0.263 e. The fourth-order valence-electron chi connectivity index (χ4n) is 2.26. The summed E-state index contributed by atoms with van der Waals surface area (Å²) in [5, 5.41) is 0. The van der Waals surface area contributed by atoms with Gasteiger partial charge in [0, 0.05) is 0 Å². The molecule has 7 heteroatoms. The first kappa shape index (κ1) is 17.2. The van der Waals surface area contributed by atoms with Gasteiger partial charge in [-0.3, -0.25) is 4.72 Å². The first-order valence-corrected chi connectivity index (χ1v) is 9.36. The predicted octanol–water partition coefficient (Wildman–Crippen LogP) is 3.53. The first-order chi connectivity index (χ1) is 11.8. The molecule has 0 unspecified atom stereocenters. The van der Waals surface area contributed by atoms with Crippen LogP contribution in [0.4, 0.5) is 5.82 Å². The first-order valence-electron chi connectivity index (χ1n) is 7.88. The van der Waals surface area contributed by atoms with E-state index in [4.69, 9.17) is 4.74 Å². The average molecular weight is 357 g/mol. The summed E-state index contributed by atoms with van der Waals surface area (Å²) in [6.45, 7) is 5.58. The van der Waals surface area contributed by atoms with Crippen LogP contribution in [0.25, 0.3) is 11.0 Å². The molecule has 0 aliphatic carbocycles. The van der Waals surface area contributed by atoms with E-state index in [1.54, 1.807) is 36.4 Å². The molecule has 0 fully saturated rings. The van der Waals surface area contributed by atoms with E-state index in [9.17, 15) is 8.42 Å². The van der Waals surface area contributed by atoms with Crippen molar-refractivity contribution in [3.63, 3.8) is 0 Å². The number of anilines is 1. The van der Waals surface area contributed by atoms with Gasteiger partial charge in [0.1, 0.15) is 0 Å². The zero-order valence-corrected chi connectivity index (χ0v) is 15.0. The van der Waals surface area contributed by atoms with Crippen molar-refractivity contribution in [1.82, 2.24) is 9.97 Å². The van der Waals surface area contributed by atoms with Gasteiger partial charge >= 0.3 is 0 Å². The molecule has 0 radical (unpaired) electrons. The monoisotopic (exact) mass is 357 g/mol. The van der Waals surface area contributed by atoms with E-state index in [2.05, 4.69) is 14.7 Å². The maximum atomic E-state index is 12.7. The number of sulfonamides is 1. The van der Waals surface area contributed by atoms with Gasteiger partial charge in [-0.2, -0.15) is 0 Å². The van der Waals surface area contributed by atoms with Crippen LogP contribution in [0.15, 0.2) is 53.4 Å². The molecule has 2 aromatic carbocycles. The number of aromatic nitrogens is 2. The lowest BCUT2D eigenvalue weighted by Gasteiger charge is -2.15. The Labute approximate surface area is 146 Å². The Bertz CT molecular complexity index is 1000. The Kier molecular flexibility index (Phi) is 4.59. The maximum absolute atomic E-state index is 12.7. The minimum absolute atomic E-state index is 0.0768. The Morgan fingerprint density at radius 2 is 1.56 bits per heavy atom. The van der Waals surface area contributed by atoms with Crippen LogP contribution in [0.3, 0.4) is 0 Å². The fourth-order valence-corrected chi connectivity index (χ4v) is 3.26. The topological polar surface area (TPSA) is 81.2 Å². The molecule has 0 bridgehead atoms. The summed E-state index contributed by atoms with van der Waals surface area (Å²) in [6.07, 6.45) is -0.168. The molecule has 0 saturated carbocycles. The molecular formula is C18H19N3O3S. The summed E-state index contributed by atoms with van der Waals surface area (Å²) >= 11 is 0. The number of nitrogens with zero attached hydrogens (tertiary/aromatic N) is 2. The summed E-state index contributed by atoms with van der Waals surface area (Å²) in [7, 11) is -3.79. The summed E-state index contributed by atoms with van der Waals surface area (Å²) in [5.74, 6) is 0.234. The van der Waals surface area contributed by atoms with Crippen molar-refractivity contribution >= 4 is 26.9 Å². The van der Waals surface area contributed by atoms with Gasteiger partial charge in [0.05, 0.1) is 22.0 Å². The molecule has 3 aromatic rings. The van der Waals surface area contributed by atoms with E-state index < -0.39 is 10.0 Å². The second-order valence-electron chi connectivity index (χ2n) is 5.95. The van der Waals surface area contributed by atoms with Crippen molar-refractivity contribution in [3.05, 3.63) is 54.1 Å². The molecule has 6 nitrogen and oxygen atoms in total. The van der Waals surface area contributed by atoms with Gasteiger partial charge in [0.15, 0.2) is 0 Å². The summed E-state index contributed by atoms with van der Waals surface area (Å²) in [6, 6.07) is 13.8. The van der Waals surface area contributed by atoms with Crippen LogP contribution in [-0.4, -0.2) is 24.5 Å². The molecule has 1 heterocycles. The highest BCUT2D eigenvalue weighted by atomic mass is 32.2. The van der Waals surface area contributed by atoms with Crippen molar-refractivity contribution in [3.8, 4) is 5.88 Å². The predicted molar refractivity (Wildman–Crippen MR) is 97.3 cm³/mol. The van der Waals surface area contributed by atoms with Gasteiger partial charge in [0.25, 0.3) is 15.9 Å². The third-order valence-corrected chi connectivity index (χ3v) is 4.80. The Balaban J connectivity index is 2.05. The lowest BCUT2D eigenvalue weighted by atomic mass is 10.2. The van der Waals surface area contributed by atoms with E-state index >= 15 is 0 Å². The number of rotatable bonds is 5. The highest BCUT2D eigenvalue weighted by molar-refractivity contribution is 7.92. The van der Waals surface area contributed by atoms with Gasteiger partial charge in [-0.05, 0) is 45.0 Å². The number of aryl methyl sites for hydroxylation is 1. The number of benzene rings is 2. The molecule has 0 saturated heterocycles. The Morgan fingerprint density at radius 1 is 0.960 bits per heavy atom. The fraction of sp³-hybridized carbons (Fsp3) is 0.222. The molecule has 1 aromatic heterocycles. The highest BCUT2D eigenvalue weighted by Gasteiger charge is 2.20. The van der Waals surface area contributed by atoms with Crippen LogP contribution in [0.2, 0.25) is 0 Å². The van der Waals surface area contributed by atoms with Crippen LogP contribution >= 0.6 is 0 Å². The minimum atomic E-state index is -3.79. The van der Waals surface area contributed by atoms with E-state index in [0.29, 0.717) is 11.0 Å². The van der Waals surface area contributed by atoms with Crippen molar-refractivity contribution in [2.75, 3.05) is 4.72 Å². The van der Waals surface area contributed by atoms with E-state index in [-0.39, 0.29) is 22.7 Å². The van der Waals surface area contributed by atoms with Crippen LogP contribution in [0.5, 0.6) is 5.88 Å². The number of para-hydroxylation sites is 2. The molecule has 25 heavy (non-hydrogen) atoms. The quantitative estimate of drug-likeness (QED) is 0.755. The highest BCUT2D eigenvalue weighted by Crippen LogP contribution is 2.26. The van der Waals surface area contributed by atoms with Gasteiger partial charge in [-0.25, -0.2) is 18.4 Å². The molecule has 1 N–H and O–H groups in total. The van der Waals surface area contributed by atoms with E-state index in [1.807, 2.05) is 32.9 Å². The standard InChI is InChI=1S/C18H19N3O3S/c1-12(2)24-18-17(19-15-6-4-5-7-16(15)20-18)21-25(22,23)14-10-8-13(3)9-11-14/h4-12H,1-3H3,(H,19,21). The lowest BCUT2D eigenvalue weighted by molar-refractivity contribution is 0.234. The van der Waals surface area contributed by atoms with E-state index in [1.165, 1.54) is 0 Å².